The Morgan fingerprint density at radius 2 is 1.76 bits per heavy atom. The zero-order valence-corrected chi connectivity index (χ0v) is 19.7. The Labute approximate surface area is 200 Å². The smallest absolute Gasteiger partial charge is 0.324 e. The van der Waals surface area contributed by atoms with Crippen LogP contribution in [0.25, 0.3) is 16.7 Å². The van der Waals surface area contributed by atoms with Crippen molar-refractivity contribution in [3.05, 3.63) is 80.2 Å². The van der Waals surface area contributed by atoms with Crippen LogP contribution in [0, 0.1) is 5.41 Å². The molecule has 0 aliphatic rings. The lowest BCUT2D eigenvalue weighted by Gasteiger charge is -2.18. The lowest BCUT2D eigenvalue weighted by Crippen LogP contribution is -2.34. The van der Waals surface area contributed by atoms with Crippen LogP contribution in [-0.4, -0.2) is 37.5 Å². The molecule has 8 nitrogen and oxygen atoms in total. The first kappa shape index (κ1) is 23.0. The van der Waals surface area contributed by atoms with Crippen LogP contribution in [0.15, 0.2) is 53.5 Å². The maximum absolute atomic E-state index is 12.8. The number of benzene rings is 2. The maximum Gasteiger partial charge on any atom is 0.333 e. The summed E-state index contributed by atoms with van der Waals surface area (Å²) < 4.78 is 1.11. The fraction of sp³-hybridized carbons (Fsp3) is 0.217. The van der Waals surface area contributed by atoms with Crippen LogP contribution in [-0.2, 0) is 6.54 Å². The van der Waals surface area contributed by atoms with E-state index < -0.39 is 5.69 Å². The minimum absolute atomic E-state index is 0.115. The van der Waals surface area contributed by atoms with Crippen molar-refractivity contribution in [3.63, 3.8) is 0 Å². The fourth-order valence-electron chi connectivity index (χ4n) is 3.53. The molecule has 10 heteroatoms. The molecule has 0 saturated carbocycles. The Morgan fingerprint density at radius 1 is 1.09 bits per heavy atom. The van der Waals surface area contributed by atoms with Gasteiger partial charge in [-0.05, 0) is 42.9 Å². The summed E-state index contributed by atoms with van der Waals surface area (Å²) in [6.45, 7) is 7.19. The predicted molar refractivity (Wildman–Crippen MR) is 132 cm³/mol. The summed E-state index contributed by atoms with van der Waals surface area (Å²) >= 11 is 12.5. The minimum Gasteiger partial charge on any atom is -0.324 e. The molecule has 0 atom stereocenters. The zero-order valence-electron chi connectivity index (χ0n) is 18.2. The Kier molecular flexibility index (Phi) is 6.78. The van der Waals surface area contributed by atoms with E-state index in [0.717, 1.165) is 29.9 Å². The van der Waals surface area contributed by atoms with E-state index in [2.05, 4.69) is 51.1 Å². The highest BCUT2D eigenvalue weighted by Crippen LogP contribution is 2.26. The average Bonchev–Trinajstić information content (AvgIpc) is 2.80. The van der Waals surface area contributed by atoms with E-state index in [1.807, 2.05) is 12.1 Å². The van der Waals surface area contributed by atoms with Gasteiger partial charge in [-0.1, -0.05) is 55.2 Å². The van der Waals surface area contributed by atoms with Crippen molar-refractivity contribution in [1.29, 1.82) is 5.41 Å². The molecule has 170 valence electrons. The fourth-order valence-corrected chi connectivity index (χ4v) is 4.10. The summed E-state index contributed by atoms with van der Waals surface area (Å²) in [7, 11) is 0. The van der Waals surface area contributed by atoms with E-state index in [1.165, 1.54) is 11.8 Å². The second-order valence-corrected chi connectivity index (χ2v) is 8.24. The van der Waals surface area contributed by atoms with E-state index in [4.69, 9.17) is 28.6 Å². The number of fused-ring (bicyclic) bond motifs is 1. The molecule has 0 bridgehead atoms. The minimum atomic E-state index is -0.576. The van der Waals surface area contributed by atoms with Crippen molar-refractivity contribution in [1.82, 2.24) is 24.4 Å². The van der Waals surface area contributed by atoms with Crippen LogP contribution in [0.1, 0.15) is 19.4 Å². The highest BCUT2D eigenvalue weighted by molar-refractivity contribution is 6.37. The van der Waals surface area contributed by atoms with Crippen LogP contribution in [0.4, 0.5) is 11.6 Å². The van der Waals surface area contributed by atoms with Gasteiger partial charge >= 0.3 is 5.69 Å². The van der Waals surface area contributed by atoms with E-state index >= 15 is 0 Å². The first-order valence-electron chi connectivity index (χ1n) is 10.5. The van der Waals surface area contributed by atoms with Gasteiger partial charge < -0.3 is 5.32 Å². The molecule has 4 aromatic rings. The van der Waals surface area contributed by atoms with Crippen LogP contribution >= 0.6 is 23.2 Å². The molecule has 0 aliphatic heterocycles. The molecule has 2 heterocycles. The number of nitrogens with zero attached hydrogens (tertiary/aromatic N) is 4. The van der Waals surface area contributed by atoms with Gasteiger partial charge in [0.05, 0.1) is 21.1 Å². The van der Waals surface area contributed by atoms with Crippen LogP contribution < -0.4 is 16.5 Å². The molecule has 0 fully saturated rings. The lowest BCUT2D eigenvalue weighted by atomic mass is 10.2. The van der Waals surface area contributed by atoms with E-state index in [0.29, 0.717) is 11.3 Å². The highest BCUT2D eigenvalue weighted by atomic mass is 35.5. The summed E-state index contributed by atoms with van der Waals surface area (Å²) in [5.74, 6) is 0.308. The molecular formula is C23H23Cl2N7O. The molecule has 2 aromatic carbocycles. The van der Waals surface area contributed by atoms with Gasteiger partial charge in [0.1, 0.15) is 5.49 Å². The van der Waals surface area contributed by atoms with E-state index in [9.17, 15) is 4.79 Å². The number of hydrogen-bond donors (Lipinski definition) is 3. The van der Waals surface area contributed by atoms with Crippen molar-refractivity contribution in [3.8, 4) is 5.69 Å². The summed E-state index contributed by atoms with van der Waals surface area (Å²) in [5.41, 5.74) is 1.82. The van der Waals surface area contributed by atoms with Crippen LogP contribution in [0.5, 0.6) is 0 Å². The third kappa shape index (κ3) is 4.78. The second-order valence-electron chi connectivity index (χ2n) is 7.42. The summed E-state index contributed by atoms with van der Waals surface area (Å²) in [5, 5.41) is 12.5. The van der Waals surface area contributed by atoms with Crippen molar-refractivity contribution < 1.29 is 0 Å². The number of aromatic nitrogens is 4. The number of para-hydroxylation sites is 1. The van der Waals surface area contributed by atoms with Gasteiger partial charge in [0.2, 0.25) is 5.95 Å². The van der Waals surface area contributed by atoms with E-state index in [1.54, 1.807) is 18.2 Å². The lowest BCUT2D eigenvalue weighted by molar-refractivity contribution is 0.296. The summed E-state index contributed by atoms with van der Waals surface area (Å²) in [6, 6.07) is 12.9. The molecule has 4 rings (SSSR count). The molecular weight excluding hydrogens is 461 g/mol. The van der Waals surface area contributed by atoms with Gasteiger partial charge in [-0.15, -0.1) is 0 Å². The number of halogens is 2. The molecule has 3 N–H and O–H groups in total. The molecule has 0 aliphatic carbocycles. The first-order valence-corrected chi connectivity index (χ1v) is 11.3. The molecule has 2 aromatic heterocycles. The third-order valence-electron chi connectivity index (χ3n) is 5.37. The molecule has 0 radical (unpaired) electrons. The zero-order chi connectivity index (χ0) is 23.5. The maximum atomic E-state index is 12.8. The average molecular weight is 484 g/mol. The SMILES string of the molecule is CCN(CC)Cc1ccc(Nc2ncc3c(=N)n(-c4c(Cl)cccc4Cl)c(=O)[nH]c3n2)cc1. The van der Waals surface area contributed by atoms with Crippen molar-refractivity contribution in [2.24, 2.45) is 0 Å². The topological polar surface area (TPSA) is 103 Å². The molecule has 0 amide bonds. The largest absolute Gasteiger partial charge is 0.333 e. The first-order chi connectivity index (χ1) is 15.9. The molecule has 0 unspecified atom stereocenters. The Balaban J connectivity index is 1.65. The standard InChI is InChI=1S/C23H23Cl2N7O/c1-3-31(4-2)13-14-8-10-15(11-9-14)28-22-27-12-16-20(26)32(23(33)30-21(16)29-22)19-17(24)6-5-7-18(19)25/h5-12,26H,3-4,13H2,1-2H3,(H2,27,28,29,30,33). The van der Waals surface area contributed by atoms with Gasteiger partial charge in [0.25, 0.3) is 0 Å². The quantitative estimate of drug-likeness (QED) is 0.359. The number of anilines is 2. The number of rotatable bonds is 7. The normalized spacial score (nSPS) is 11.3. The summed E-state index contributed by atoms with van der Waals surface area (Å²) in [4.78, 5) is 26.5. The van der Waals surface area contributed by atoms with Crippen LogP contribution in [0.2, 0.25) is 10.0 Å². The Bertz CT molecular complexity index is 1390. The van der Waals surface area contributed by atoms with Gasteiger partial charge in [0.15, 0.2) is 5.65 Å². The number of nitrogens with one attached hydrogen (secondary N) is 3. The number of aromatic amines is 1. The van der Waals surface area contributed by atoms with Crippen molar-refractivity contribution in [2.75, 3.05) is 18.4 Å². The number of H-pyrrole nitrogens is 1. The van der Waals surface area contributed by atoms with Gasteiger partial charge in [-0.25, -0.2) is 14.3 Å². The molecule has 0 saturated heterocycles. The van der Waals surface area contributed by atoms with Crippen molar-refractivity contribution >= 4 is 45.9 Å². The second kappa shape index (κ2) is 9.74. The Morgan fingerprint density at radius 3 is 2.39 bits per heavy atom. The number of hydrogen-bond acceptors (Lipinski definition) is 6. The molecule has 33 heavy (non-hydrogen) atoms. The van der Waals surface area contributed by atoms with E-state index in [-0.39, 0.29) is 26.9 Å². The van der Waals surface area contributed by atoms with Gasteiger partial charge in [-0.2, -0.15) is 4.98 Å². The Hall–Kier alpha value is -3.20. The predicted octanol–water partition coefficient (Wildman–Crippen LogP) is 4.48. The van der Waals surface area contributed by atoms with Crippen LogP contribution in [0.3, 0.4) is 0 Å². The molecule has 0 spiro atoms. The summed E-state index contributed by atoms with van der Waals surface area (Å²) in [6.07, 6.45) is 1.49. The van der Waals surface area contributed by atoms with Crippen molar-refractivity contribution in [2.45, 2.75) is 20.4 Å². The monoisotopic (exact) mass is 483 g/mol. The van der Waals surface area contributed by atoms with Gasteiger partial charge in [0, 0.05) is 18.4 Å². The van der Waals surface area contributed by atoms with Gasteiger partial charge in [-0.3, -0.25) is 15.3 Å². The third-order valence-corrected chi connectivity index (χ3v) is 5.98. The highest BCUT2D eigenvalue weighted by Gasteiger charge is 2.15.